The van der Waals surface area contributed by atoms with Crippen molar-refractivity contribution in [1.82, 2.24) is 19.7 Å². The number of fused-ring (bicyclic) bond motifs is 1. The highest BCUT2D eigenvalue weighted by Crippen LogP contribution is 2.52. The molecule has 3 aliphatic heterocycles. The van der Waals surface area contributed by atoms with Gasteiger partial charge >= 0.3 is 5.97 Å². The van der Waals surface area contributed by atoms with Crippen molar-refractivity contribution in [2.75, 3.05) is 42.2 Å². The zero-order valence-corrected chi connectivity index (χ0v) is 34.7. The standard InChI is InChI=1S/C36H43ClN5O8PS4/c37-27-18-28-30(54-41-32(40-28)13-10-24-6-2-1-3-7-24)19-31(27)55(49,50)39-21-25-8-11-26(12-9-25)34(44)38-14-4-5-15-51(47,48)22-33(43)42-23-36(52-16-17-53-36)20-29(42)35(45)46/h1-3,6-9,11-12,18-19,29,32,39-41H,4-5,10,13-17,20-23H2,(H,38,44)(H,45,46)(H,47,48)/t29-,32?/m0/s1. The van der Waals surface area contributed by atoms with Gasteiger partial charge in [0.05, 0.1) is 21.0 Å². The fourth-order valence-corrected chi connectivity index (χ4v) is 13.8. The molecule has 0 radical (unpaired) electrons. The van der Waals surface area contributed by atoms with E-state index in [1.807, 2.05) is 18.2 Å². The van der Waals surface area contributed by atoms with Crippen molar-refractivity contribution in [3.8, 4) is 0 Å². The summed E-state index contributed by atoms with van der Waals surface area (Å²) in [5.74, 6) is -0.324. The molecule has 0 aromatic heterocycles. The highest BCUT2D eigenvalue weighted by Gasteiger charge is 2.51. The van der Waals surface area contributed by atoms with Crippen LogP contribution >= 0.6 is 54.4 Å². The normalized spacial score (nSPS) is 20.1. The number of likely N-dealkylation sites (tertiary alicyclic amines) is 1. The number of thioether (sulfide) groups is 2. The van der Waals surface area contributed by atoms with E-state index in [4.69, 9.17) is 11.6 Å². The third-order valence-electron chi connectivity index (χ3n) is 9.52. The lowest BCUT2D eigenvalue weighted by molar-refractivity contribution is -0.147. The summed E-state index contributed by atoms with van der Waals surface area (Å²) in [5, 5.41) is 15.9. The molecule has 3 aromatic carbocycles. The number of rotatable bonds is 16. The number of hydrogen-bond donors (Lipinski definition) is 6. The molecular weight excluding hydrogens is 825 g/mol. The number of unbranched alkanes of at least 4 members (excludes halogenated alkanes) is 1. The van der Waals surface area contributed by atoms with Gasteiger partial charge in [-0.15, -0.1) is 23.5 Å². The Balaban J connectivity index is 0.917. The van der Waals surface area contributed by atoms with E-state index in [0.29, 0.717) is 28.9 Å². The van der Waals surface area contributed by atoms with Crippen LogP contribution < -0.4 is 20.1 Å². The highest BCUT2D eigenvalue weighted by atomic mass is 35.5. The van der Waals surface area contributed by atoms with Gasteiger partial charge in [-0.1, -0.05) is 54.1 Å². The summed E-state index contributed by atoms with van der Waals surface area (Å²) in [4.78, 5) is 50.0. The van der Waals surface area contributed by atoms with Crippen LogP contribution in [0.1, 0.15) is 47.2 Å². The van der Waals surface area contributed by atoms with Crippen molar-refractivity contribution in [1.29, 1.82) is 0 Å². The maximum atomic E-state index is 13.3. The van der Waals surface area contributed by atoms with Crippen LogP contribution in [0.4, 0.5) is 5.69 Å². The molecular formula is C36H43ClN5O8PS4. The van der Waals surface area contributed by atoms with Crippen molar-refractivity contribution in [2.24, 2.45) is 0 Å². The molecule has 0 aliphatic carbocycles. The first-order valence-corrected chi connectivity index (χ1v) is 24.4. The Bertz CT molecular complexity index is 2040. The molecule has 296 valence electrons. The summed E-state index contributed by atoms with van der Waals surface area (Å²) in [6, 6.07) is 18.8. The van der Waals surface area contributed by atoms with Gasteiger partial charge in [-0.05, 0) is 73.0 Å². The number of benzene rings is 3. The van der Waals surface area contributed by atoms with Gasteiger partial charge in [-0.2, -0.15) is 0 Å². The third kappa shape index (κ3) is 11.0. The molecule has 3 aromatic rings. The maximum Gasteiger partial charge on any atom is 0.326 e. The van der Waals surface area contributed by atoms with Crippen LogP contribution in [-0.2, 0) is 37.1 Å². The molecule has 3 aliphatic rings. The molecule has 3 heterocycles. The summed E-state index contributed by atoms with van der Waals surface area (Å²) in [7, 11) is -7.84. The Labute approximate surface area is 338 Å². The smallest absolute Gasteiger partial charge is 0.326 e. The monoisotopic (exact) mass is 867 g/mol. The van der Waals surface area contributed by atoms with Crippen LogP contribution in [0.5, 0.6) is 0 Å². The summed E-state index contributed by atoms with van der Waals surface area (Å²) in [6.07, 6.45) is 1.94. The molecule has 2 unspecified atom stereocenters. The largest absolute Gasteiger partial charge is 0.480 e. The Morgan fingerprint density at radius 3 is 2.45 bits per heavy atom. The fraction of sp³-hybridized carbons (Fsp3) is 0.417. The van der Waals surface area contributed by atoms with Crippen LogP contribution in [0.2, 0.25) is 5.02 Å². The Kier molecular flexibility index (Phi) is 13.9. The van der Waals surface area contributed by atoms with Crippen LogP contribution in [0, 0.1) is 0 Å². The number of carboxylic acids is 1. The number of sulfonamides is 1. The van der Waals surface area contributed by atoms with Crippen molar-refractivity contribution in [2.45, 2.75) is 64.7 Å². The molecule has 55 heavy (non-hydrogen) atoms. The lowest BCUT2D eigenvalue weighted by atomic mass is 10.1. The van der Waals surface area contributed by atoms with Gasteiger partial charge in [-0.3, -0.25) is 14.2 Å². The number of nitrogens with zero attached hydrogens (tertiary/aromatic N) is 1. The van der Waals surface area contributed by atoms with Crippen molar-refractivity contribution < 1.29 is 37.4 Å². The van der Waals surface area contributed by atoms with Crippen molar-refractivity contribution in [3.63, 3.8) is 0 Å². The molecule has 19 heteroatoms. The van der Waals surface area contributed by atoms with Gasteiger partial charge in [0, 0.05) is 54.2 Å². The average Bonchev–Trinajstić information content (AvgIpc) is 3.79. The topological polar surface area (TPSA) is 194 Å². The van der Waals surface area contributed by atoms with Crippen molar-refractivity contribution >= 4 is 87.9 Å². The molecule has 6 rings (SSSR count). The van der Waals surface area contributed by atoms with Gasteiger partial charge in [-0.25, -0.2) is 22.7 Å². The van der Waals surface area contributed by atoms with E-state index in [0.717, 1.165) is 30.0 Å². The second kappa shape index (κ2) is 18.2. The number of carbonyl (C=O) groups excluding carboxylic acids is 2. The van der Waals surface area contributed by atoms with E-state index in [-0.39, 0.29) is 58.3 Å². The lowest BCUT2D eigenvalue weighted by Gasteiger charge is -2.28. The number of aryl methyl sites for hydroxylation is 1. The molecule has 3 atom stereocenters. The second-order valence-electron chi connectivity index (χ2n) is 13.6. The summed E-state index contributed by atoms with van der Waals surface area (Å²) in [6.45, 7) is 0.453. The minimum atomic E-state index is -3.97. The average molecular weight is 868 g/mol. The summed E-state index contributed by atoms with van der Waals surface area (Å²) in [5.41, 5.74) is 2.97. The minimum Gasteiger partial charge on any atom is -0.480 e. The number of hydrogen-bond acceptors (Lipinski definition) is 11. The zero-order valence-electron chi connectivity index (χ0n) is 29.7. The number of aliphatic carboxylic acids is 1. The number of anilines is 1. The fourth-order valence-electron chi connectivity index (χ4n) is 6.60. The van der Waals surface area contributed by atoms with E-state index in [1.54, 1.807) is 59.9 Å². The first-order chi connectivity index (χ1) is 26.2. The SMILES string of the molecule is O=C(NCCCCP(=O)(O)CC(=O)N1CC2(C[C@H]1C(=O)O)SCCS2)c1ccc(CNS(=O)(=O)c2cc3c(cc2Cl)NC(CCc2ccccc2)NS3)cc1. The molecule has 2 saturated heterocycles. The predicted octanol–water partition coefficient (Wildman–Crippen LogP) is 5.44. The van der Waals surface area contributed by atoms with Crippen LogP contribution in [0.25, 0.3) is 0 Å². The summed E-state index contributed by atoms with van der Waals surface area (Å²) < 4.78 is 44.9. The molecule has 2 amide bonds. The lowest BCUT2D eigenvalue weighted by Crippen LogP contribution is -2.42. The van der Waals surface area contributed by atoms with Gasteiger partial charge in [0.15, 0.2) is 0 Å². The quantitative estimate of drug-likeness (QED) is 0.0606. The first kappa shape index (κ1) is 41.9. The zero-order chi connectivity index (χ0) is 39.2. The van der Waals surface area contributed by atoms with Gasteiger partial charge in [0.1, 0.15) is 17.1 Å². The van der Waals surface area contributed by atoms with E-state index in [9.17, 15) is 37.4 Å². The van der Waals surface area contributed by atoms with E-state index in [2.05, 4.69) is 32.2 Å². The third-order valence-corrected chi connectivity index (χ3v) is 17.6. The van der Waals surface area contributed by atoms with Gasteiger partial charge in [0.25, 0.3) is 5.91 Å². The highest BCUT2D eigenvalue weighted by molar-refractivity contribution is 8.21. The van der Waals surface area contributed by atoms with E-state index in [1.165, 1.54) is 22.4 Å². The Morgan fingerprint density at radius 2 is 1.75 bits per heavy atom. The first-order valence-electron chi connectivity index (χ1n) is 17.8. The molecule has 13 nitrogen and oxygen atoms in total. The minimum absolute atomic E-state index is 0.0186. The predicted molar refractivity (Wildman–Crippen MR) is 220 cm³/mol. The number of halogens is 1. The van der Waals surface area contributed by atoms with Gasteiger partial charge < -0.3 is 25.5 Å². The van der Waals surface area contributed by atoms with Crippen LogP contribution in [0.15, 0.2) is 76.5 Å². The van der Waals surface area contributed by atoms with E-state index >= 15 is 0 Å². The molecule has 0 bridgehead atoms. The maximum absolute atomic E-state index is 13.3. The summed E-state index contributed by atoms with van der Waals surface area (Å²) >= 11 is 11.1. The van der Waals surface area contributed by atoms with Crippen LogP contribution in [-0.4, -0.2) is 94.3 Å². The number of nitrogens with one attached hydrogen (secondary N) is 4. The van der Waals surface area contributed by atoms with E-state index < -0.39 is 41.5 Å². The molecule has 0 saturated carbocycles. The number of amides is 2. The molecule has 6 N–H and O–H groups in total. The Hall–Kier alpha value is -2.73. The molecule has 2 fully saturated rings. The van der Waals surface area contributed by atoms with Gasteiger partial charge in [0.2, 0.25) is 23.3 Å². The Morgan fingerprint density at radius 1 is 1.02 bits per heavy atom. The van der Waals surface area contributed by atoms with Crippen LogP contribution in [0.3, 0.4) is 0 Å². The van der Waals surface area contributed by atoms with Crippen molar-refractivity contribution in [3.05, 3.63) is 88.4 Å². The number of carbonyl (C=O) groups is 3. The second-order valence-corrected chi connectivity index (χ2v) is 22.3. The number of carboxylic acid groups (broad SMARTS) is 1. The molecule has 1 spiro atoms.